The molecule has 0 saturated carbocycles. The molecule has 0 fully saturated rings. The molecule has 0 aliphatic carbocycles. The first-order valence-corrected chi connectivity index (χ1v) is 8.14. The summed E-state index contributed by atoms with van der Waals surface area (Å²) in [6.45, 7) is 6.75. The molecule has 0 amide bonds. The van der Waals surface area contributed by atoms with E-state index < -0.39 is 0 Å². The van der Waals surface area contributed by atoms with Gasteiger partial charge in [-0.05, 0) is 50.6 Å². The Bertz CT molecular complexity index is 838. The van der Waals surface area contributed by atoms with E-state index in [0.29, 0.717) is 5.56 Å². The molecule has 0 bridgehead atoms. The predicted octanol–water partition coefficient (Wildman–Crippen LogP) is 4.86. The zero-order valence-electron chi connectivity index (χ0n) is 14.3. The Hall–Kier alpha value is -2.62. The van der Waals surface area contributed by atoms with Crippen LogP contribution < -0.4 is 5.32 Å². The molecule has 4 heteroatoms. The smallest absolute Gasteiger partial charge is 0.128 e. The monoisotopic (exact) mass is 323 g/mol. The summed E-state index contributed by atoms with van der Waals surface area (Å²) in [6, 6.07) is 17.0. The average molecular weight is 323 g/mol. The minimum Gasteiger partial charge on any atom is -0.378 e. The fourth-order valence-corrected chi connectivity index (χ4v) is 2.92. The summed E-state index contributed by atoms with van der Waals surface area (Å²) >= 11 is 0. The van der Waals surface area contributed by atoms with Crippen LogP contribution in [-0.2, 0) is 6.54 Å². The number of rotatable bonds is 5. The predicted molar refractivity (Wildman–Crippen MR) is 95.7 cm³/mol. The molecule has 1 heterocycles. The molecule has 1 unspecified atom stereocenters. The first-order chi connectivity index (χ1) is 11.5. The quantitative estimate of drug-likeness (QED) is 0.726. The molecular weight excluding hydrogens is 301 g/mol. The Morgan fingerprint density at radius 1 is 1.08 bits per heavy atom. The van der Waals surface area contributed by atoms with Crippen LogP contribution in [0.25, 0.3) is 0 Å². The maximum Gasteiger partial charge on any atom is 0.128 e. The first kappa shape index (κ1) is 16.2. The van der Waals surface area contributed by atoms with Crippen molar-refractivity contribution in [1.82, 2.24) is 9.78 Å². The number of aryl methyl sites for hydroxylation is 2. The van der Waals surface area contributed by atoms with E-state index >= 15 is 0 Å². The third-order valence-corrected chi connectivity index (χ3v) is 4.12. The van der Waals surface area contributed by atoms with Crippen molar-refractivity contribution >= 4 is 5.69 Å². The molecule has 0 saturated heterocycles. The van der Waals surface area contributed by atoms with Crippen LogP contribution in [-0.4, -0.2) is 9.78 Å². The highest BCUT2D eigenvalue weighted by Gasteiger charge is 2.10. The van der Waals surface area contributed by atoms with Crippen LogP contribution in [0.3, 0.4) is 0 Å². The van der Waals surface area contributed by atoms with Gasteiger partial charge in [-0.15, -0.1) is 0 Å². The minimum absolute atomic E-state index is 0.102. The Balaban J connectivity index is 1.76. The molecule has 24 heavy (non-hydrogen) atoms. The molecule has 0 radical (unpaired) electrons. The number of halogens is 1. The van der Waals surface area contributed by atoms with Crippen LogP contribution in [0.4, 0.5) is 10.1 Å². The SMILES string of the molecule is Cc1cc(C)n(Cc2cccc(NC(C)c3ccccc3F)c2)n1. The van der Waals surface area contributed by atoms with Gasteiger partial charge in [-0.2, -0.15) is 5.10 Å². The summed E-state index contributed by atoms with van der Waals surface area (Å²) in [5.74, 6) is -0.184. The van der Waals surface area contributed by atoms with E-state index in [1.165, 1.54) is 6.07 Å². The van der Waals surface area contributed by atoms with Crippen molar-refractivity contribution in [1.29, 1.82) is 0 Å². The van der Waals surface area contributed by atoms with Crippen molar-refractivity contribution in [2.24, 2.45) is 0 Å². The first-order valence-electron chi connectivity index (χ1n) is 8.14. The topological polar surface area (TPSA) is 29.9 Å². The fraction of sp³-hybridized carbons (Fsp3) is 0.250. The summed E-state index contributed by atoms with van der Waals surface area (Å²) in [5.41, 5.74) is 4.97. The lowest BCUT2D eigenvalue weighted by molar-refractivity contribution is 0.600. The van der Waals surface area contributed by atoms with Gasteiger partial charge in [-0.3, -0.25) is 4.68 Å². The van der Waals surface area contributed by atoms with Gasteiger partial charge in [-0.25, -0.2) is 4.39 Å². The van der Waals surface area contributed by atoms with Crippen molar-refractivity contribution < 1.29 is 4.39 Å². The summed E-state index contributed by atoms with van der Waals surface area (Å²) < 4.78 is 15.9. The number of aromatic nitrogens is 2. The zero-order valence-corrected chi connectivity index (χ0v) is 14.3. The molecule has 3 nitrogen and oxygen atoms in total. The van der Waals surface area contributed by atoms with E-state index in [9.17, 15) is 4.39 Å². The van der Waals surface area contributed by atoms with E-state index in [4.69, 9.17) is 0 Å². The zero-order chi connectivity index (χ0) is 17.1. The Kier molecular flexibility index (Phi) is 4.65. The molecule has 3 aromatic rings. The number of hydrogen-bond donors (Lipinski definition) is 1. The lowest BCUT2D eigenvalue weighted by atomic mass is 10.1. The summed E-state index contributed by atoms with van der Waals surface area (Å²) in [7, 11) is 0. The number of hydrogen-bond acceptors (Lipinski definition) is 2. The van der Waals surface area contributed by atoms with Crippen LogP contribution in [0.15, 0.2) is 54.6 Å². The van der Waals surface area contributed by atoms with Gasteiger partial charge >= 0.3 is 0 Å². The van der Waals surface area contributed by atoms with Gasteiger partial charge in [-0.1, -0.05) is 30.3 Å². The van der Waals surface area contributed by atoms with Crippen molar-refractivity contribution in [2.75, 3.05) is 5.32 Å². The summed E-state index contributed by atoms with van der Waals surface area (Å²) in [4.78, 5) is 0. The van der Waals surface area contributed by atoms with Crippen molar-refractivity contribution in [3.05, 3.63) is 82.9 Å². The van der Waals surface area contributed by atoms with Crippen LogP contribution in [0.2, 0.25) is 0 Å². The lowest BCUT2D eigenvalue weighted by Crippen LogP contribution is -2.09. The molecule has 1 N–H and O–H groups in total. The van der Waals surface area contributed by atoms with E-state index in [-0.39, 0.29) is 11.9 Å². The summed E-state index contributed by atoms with van der Waals surface area (Å²) in [5, 5.41) is 7.88. The molecule has 0 spiro atoms. The minimum atomic E-state index is -0.184. The van der Waals surface area contributed by atoms with Crippen LogP contribution >= 0.6 is 0 Å². The van der Waals surface area contributed by atoms with Gasteiger partial charge in [0, 0.05) is 16.9 Å². The third-order valence-electron chi connectivity index (χ3n) is 4.12. The summed E-state index contributed by atoms with van der Waals surface area (Å²) in [6.07, 6.45) is 0. The molecule has 2 aromatic carbocycles. The van der Waals surface area contributed by atoms with Gasteiger partial charge in [0.15, 0.2) is 0 Å². The standard InChI is InChI=1S/C20H22FN3/c1-14-11-15(2)24(23-14)13-17-7-6-8-18(12-17)22-16(3)19-9-4-5-10-20(19)21/h4-12,16,22H,13H2,1-3H3. The number of nitrogens with one attached hydrogen (secondary N) is 1. The molecule has 0 aliphatic heterocycles. The Morgan fingerprint density at radius 2 is 1.88 bits per heavy atom. The number of anilines is 1. The van der Waals surface area contributed by atoms with Crippen LogP contribution in [0.1, 0.15) is 35.5 Å². The van der Waals surface area contributed by atoms with Gasteiger partial charge < -0.3 is 5.32 Å². The molecule has 124 valence electrons. The highest BCUT2D eigenvalue weighted by molar-refractivity contribution is 5.48. The molecule has 0 aliphatic rings. The van der Waals surface area contributed by atoms with E-state index in [0.717, 1.165) is 29.2 Å². The van der Waals surface area contributed by atoms with E-state index in [1.807, 2.05) is 42.8 Å². The lowest BCUT2D eigenvalue weighted by Gasteiger charge is -2.17. The normalized spacial score (nSPS) is 12.2. The van der Waals surface area contributed by atoms with Crippen molar-refractivity contribution in [3.63, 3.8) is 0 Å². The van der Waals surface area contributed by atoms with Crippen LogP contribution in [0.5, 0.6) is 0 Å². The van der Waals surface area contributed by atoms with Crippen molar-refractivity contribution in [2.45, 2.75) is 33.4 Å². The number of nitrogens with zero attached hydrogens (tertiary/aromatic N) is 2. The second kappa shape index (κ2) is 6.87. The Labute approximate surface area is 142 Å². The second-order valence-electron chi connectivity index (χ2n) is 6.17. The molecule has 1 aromatic heterocycles. The fourth-order valence-electron chi connectivity index (χ4n) is 2.92. The van der Waals surface area contributed by atoms with Crippen LogP contribution in [0, 0.1) is 19.7 Å². The molecule has 1 atom stereocenters. The van der Waals surface area contributed by atoms with Gasteiger partial charge in [0.2, 0.25) is 0 Å². The average Bonchev–Trinajstić information content (AvgIpc) is 2.85. The molecule has 3 rings (SSSR count). The van der Waals surface area contributed by atoms with Gasteiger partial charge in [0.05, 0.1) is 18.3 Å². The highest BCUT2D eigenvalue weighted by Crippen LogP contribution is 2.22. The van der Waals surface area contributed by atoms with E-state index in [2.05, 4.69) is 35.5 Å². The maximum absolute atomic E-state index is 13.9. The van der Waals surface area contributed by atoms with Gasteiger partial charge in [0.1, 0.15) is 5.82 Å². The van der Waals surface area contributed by atoms with Gasteiger partial charge in [0.25, 0.3) is 0 Å². The maximum atomic E-state index is 13.9. The Morgan fingerprint density at radius 3 is 2.58 bits per heavy atom. The largest absolute Gasteiger partial charge is 0.378 e. The second-order valence-corrected chi connectivity index (χ2v) is 6.17. The third kappa shape index (κ3) is 3.65. The van der Waals surface area contributed by atoms with Crippen molar-refractivity contribution in [3.8, 4) is 0 Å². The molecular formula is C20H22FN3. The number of benzene rings is 2. The highest BCUT2D eigenvalue weighted by atomic mass is 19.1. The van der Waals surface area contributed by atoms with E-state index in [1.54, 1.807) is 6.07 Å².